The molecule has 0 spiro atoms. The van der Waals surface area contributed by atoms with Crippen LogP contribution in [-0.2, 0) is 17.8 Å². The Morgan fingerprint density at radius 3 is 3.12 bits per heavy atom. The first-order valence-electron chi connectivity index (χ1n) is 4.83. The molecule has 0 bridgehead atoms. The van der Waals surface area contributed by atoms with Gasteiger partial charge < -0.3 is 5.32 Å². The number of aryl methyl sites for hydroxylation is 1. The second-order valence-electron chi connectivity index (χ2n) is 3.19. The van der Waals surface area contributed by atoms with E-state index in [4.69, 9.17) is 0 Å². The Morgan fingerprint density at radius 2 is 2.50 bits per heavy atom. The number of aromatic amines is 1. The van der Waals surface area contributed by atoms with Crippen molar-refractivity contribution in [2.24, 2.45) is 0 Å². The Bertz CT molecular complexity index is 460. The van der Waals surface area contributed by atoms with Crippen LogP contribution in [-0.4, -0.2) is 36.3 Å². The highest BCUT2D eigenvalue weighted by atomic mass is 16.2. The van der Waals surface area contributed by atoms with Gasteiger partial charge in [0, 0.05) is 11.8 Å². The predicted molar refractivity (Wildman–Crippen MR) is 54.4 cm³/mol. The number of aromatic nitrogens is 6. The average Bonchev–Trinajstić information content (AvgIpc) is 2.89. The average molecular weight is 221 g/mol. The van der Waals surface area contributed by atoms with Gasteiger partial charge >= 0.3 is 0 Å². The molecule has 2 aromatic rings. The van der Waals surface area contributed by atoms with Gasteiger partial charge in [-0.25, -0.2) is 4.68 Å². The van der Waals surface area contributed by atoms with Crippen molar-refractivity contribution in [3.63, 3.8) is 0 Å². The summed E-state index contributed by atoms with van der Waals surface area (Å²) in [6.45, 7) is 2.07. The fourth-order valence-corrected chi connectivity index (χ4v) is 1.19. The number of nitrogens with zero attached hydrogens (tertiary/aromatic N) is 5. The highest BCUT2D eigenvalue weighted by Crippen LogP contribution is 2.05. The molecule has 8 heteroatoms. The number of nitrogens with one attached hydrogen (secondary N) is 2. The van der Waals surface area contributed by atoms with Crippen LogP contribution in [0, 0.1) is 0 Å². The lowest BCUT2D eigenvalue weighted by molar-refractivity contribution is -0.116. The minimum atomic E-state index is -0.221. The van der Waals surface area contributed by atoms with E-state index < -0.39 is 0 Å². The van der Waals surface area contributed by atoms with Crippen LogP contribution in [0.1, 0.15) is 12.6 Å². The third-order valence-electron chi connectivity index (χ3n) is 1.98. The van der Waals surface area contributed by atoms with Gasteiger partial charge in [-0.2, -0.15) is 5.10 Å². The van der Waals surface area contributed by atoms with Gasteiger partial charge in [0.15, 0.2) is 5.82 Å². The highest BCUT2D eigenvalue weighted by Gasteiger charge is 2.06. The Hall–Kier alpha value is -2.25. The molecular formula is C8H11N7O. The lowest BCUT2D eigenvalue weighted by Crippen LogP contribution is -2.19. The first kappa shape index (κ1) is 10.3. The van der Waals surface area contributed by atoms with E-state index in [1.54, 1.807) is 6.07 Å². The molecule has 0 saturated carbocycles. The smallest absolute Gasteiger partial charge is 0.247 e. The summed E-state index contributed by atoms with van der Waals surface area (Å²) >= 11 is 0. The topological polar surface area (TPSA) is 101 Å². The molecule has 0 aromatic carbocycles. The Balaban J connectivity index is 1.92. The zero-order valence-corrected chi connectivity index (χ0v) is 8.71. The molecule has 0 fully saturated rings. The molecule has 0 aliphatic rings. The number of hydrogen-bond acceptors (Lipinski definition) is 5. The number of H-pyrrole nitrogens is 1. The van der Waals surface area contributed by atoms with E-state index in [1.165, 1.54) is 11.0 Å². The van der Waals surface area contributed by atoms with Gasteiger partial charge in [0.1, 0.15) is 12.9 Å². The molecule has 0 aliphatic heterocycles. The molecule has 2 aromatic heterocycles. The van der Waals surface area contributed by atoms with Gasteiger partial charge in [-0.15, -0.1) is 5.10 Å². The number of tetrazole rings is 1. The van der Waals surface area contributed by atoms with Crippen molar-refractivity contribution in [2.45, 2.75) is 19.9 Å². The van der Waals surface area contributed by atoms with Crippen molar-refractivity contribution >= 4 is 11.7 Å². The minimum Gasteiger partial charge on any atom is -0.308 e. The van der Waals surface area contributed by atoms with E-state index in [1.807, 2.05) is 6.92 Å². The maximum Gasteiger partial charge on any atom is 0.247 e. The zero-order valence-electron chi connectivity index (χ0n) is 8.71. The van der Waals surface area contributed by atoms with Gasteiger partial charge in [-0.1, -0.05) is 6.92 Å². The molecule has 0 atom stereocenters. The maximum absolute atomic E-state index is 11.5. The lowest BCUT2D eigenvalue weighted by Gasteiger charge is -1.99. The van der Waals surface area contributed by atoms with Gasteiger partial charge in [0.25, 0.3) is 0 Å². The molecule has 0 radical (unpaired) electrons. The second kappa shape index (κ2) is 4.51. The summed E-state index contributed by atoms with van der Waals surface area (Å²) in [5.74, 6) is 0.288. The van der Waals surface area contributed by atoms with Crippen LogP contribution in [0.4, 0.5) is 5.82 Å². The summed E-state index contributed by atoms with van der Waals surface area (Å²) < 4.78 is 1.34. The molecule has 84 valence electrons. The number of amides is 1. The number of carbonyl (C=O) groups excluding carboxylic acids is 1. The van der Waals surface area contributed by atoms with E-state index in [0.717, 1.165) is 12.1 Å². The summed E-state index contributed by atoms with van der Waals surface area (Å²) in [5.41, 5.74) is 0.970. The van der Waals surface area contributed by atoms with Crippen molar-refractivity contribution in [2.75, 3.05) is 5.32 Å². The zero-order chi connectivity index (χ0) is 11.4. The SMILES string of the molecule is CCc1cc(NC(=O)Cn2cnnn2)n[nH]1. The van der Waals surface area contributed by atoms with Crippen LogP contribution in [0.25, 0.3) is 0 Å². The van der Waals surface area contributed by atoms with Crippen molar-refractivity contribution in [1.82, 2.24) is 30.4 Å². The molecule has 0 unspecified atom stereocenters. The van der Waals surface area contributed by atoms with Crippen molar-refractivity contribution in [3.05, 3.63) is 18.1 Å². The molecule has 0 saturated heterocycles. The molecule has 2 rings (SSSR count). The fraction of sp³-hybridized carbons (Fsp3) is 0.375. The van der Waals surface area contributed by atoms with Crippen molar-refractivity contribution in [1.29, 1.82) is 0 Å². The first-order valence-corrected chi connectivity index (χ1v) is 4.83. The third-order valence-corrected chi connectivity index (χ3v) is 1.98. The monoisotopic (exact) mass is 221 g/mol. The van der Waals surface area contributed by atoms with Crippen LogP contribution in [0.3, 0.4) is 0 Å². The van der Waals surface area contributed by atoms with Crippen molar-refractivity contribution < 1.29 is 4.79 Å². The van der Waals surface area contributed by atoms with E-state index in [-0.39, 0.29) is 12.5 Å². The Kier molecular flexibility index (Phi) is 2.90. The quantitative estimate of drug-likeness (QED) is 0.731. The van der Waals surface area contributed by atoms with E-state index >= 15 is 0 Å². The second-order valence-corrected chi connectivity index (χ2v) is 3.19. The number of anilines is 1. The van der Waals surface area contributed by atoms with Gasteiger partial charge in [-0.3, -0.25) is 9.89 Å². The van der Waals surface area contributed by atoms with Crippen molar-refractivity contribution in [3.8, 4) is 0 Å². The molecule has 0 aliphatic carbocycles. The molecule has 16 heavy (non-hydrogen) atoms. The summed E-state index contributed by atoms with van der Waals surface area (Å²) in [5, 5.41) is 19.8. The first-order chi connectivity index (χ1) is 7.78. The largest absolute Gasteiger partial charge is 0.308 e. The summed E-state index contributed by atoms with van der Waals surface area (Å²) in [6, 6.07) is 1.79. The summed E-state index contributed by atoms with van der Waals surface area (Å²) in [4.78, 5) is 11.5. The minimum absolute atomic E-state index is 0.0708. The molecule has 1 amide bonds. The van der Waals surface area contributed by atoms with Crippen LogP contribution < -0.4 is 5.32 Å². The predicted octanol–water partition coefficient (Wildman–Crippen LogP) is -0.403. The normalized spacial score (nSPS) is 10.3. The molecule has 8 nitrogen and oxygen atoms in total. The molecule has 2 N–H and O–H groups in total. The number of hydrogen-bond donors (Lipinski definition) is 2. The number of carbonyl (C=O) groups is 1. The van der Waals surface area contributed by atoms with E-state index in [0.29, 0.717) is 5.82 Å². The summed E-state index contributed by atoms with van der Waals surface area (Å²) in [6.07, 6.45) is 2.22. The number of rotatable bonds is 4. The van der Waals surface area contributed by atoms with Gasteiger partial charge in [0.2, 0.25) is 5.91 Å². The Labute approximate surface area is 91.0 Å². The highest BCUT2D eigenvalue weighted by molar-refractivity contribution is 5.89. The standard InChI is InChI=1S/C8H11N7O/c1-2-6-3-7(12-11-6)10-8(16)4-15-5-9-13-14-15/h3,5H,2,4H2,1H3,(H2,10,11,12,16). The lowest BCUT2D eigenvalue weighted by atomic mass is 10.3. The van der Waals surface area contributed by atoms with Crippen LogP contribution in [0.15, 0.2) is 12.4 Å². The van der Waals surface area contributed by atoms with E-state index in [2.05, 4.69) is 31.0 Å². The maximum atomic E-state index is 11.5. The van der Waals surface area contributed by atoms with E-state index in [9.17, 15) is 4.79 Å². The van der Waals surface area contributed by atoms with Crippen LogP contribution >= 0.6 is 0 Å². The summed E-state index contributed by atoms with van der Waals surface area (Å²) in [7, 11) is 0. The molecular weight excluding hydrogens is 210 g/mol. The van der Waals surface area contributed by atoms with Crippen LogP contribution in [0.5, 0.6) is 0 Å². The van der Waals surface area contributed by atoms with Crippen LogP contribution in [0.2, 0.25) is 0 Å². The Morgan fingerprint density at radius 1 is 1.62 bits per heavy atom. The molecule has 2 heterocycles. The third kappa shape index (κ3) is 2.41. The van der Waals surface area contributed by atoms with Gasteiger partial charge in [0.05, 0.1) is 0 Å². The van der Waals surface area contributed by atoms with Gasteiger partial charge in [-0.05, 0) is 16.8 Å². The fourth-order valence-electron chi connectivity index (χ4n) is 1.19.